The molecule has 29 heavy (non-hydrogen) atoms. The third kappa shape index (κ3) is 3.94. The predicted octanol–water partition coefficient (Wildman–Crippen LogP) is 5.16. The Kier molecular flexibility index (Phi) is 5.95. The second kappa shape index (κ2) is 8.47. The number of aromatic amines is 1. The first-order valence-corrected chi connectivity index (χ1v) is 11.0. The monoisotopic (exact) mass is 411 g/mol. The highest BCUT2D eigenvalue weighted by atomic mass is 35.5. The molecule has 0 aliphatic carbocycles. The number of benzene rings is 1. The average molecular weight is 412 g/mol. The Morgan fingerprint density at radius 3 is 2.83 bits per heavy atom. The van der Waals surface area contributed by atoms with Gasteiger partial charge in [-0.2, -0.15) is 0 Å². The number of pyridine rings is 1. The summed E-state index contributed by atoms with van der Waals surface area (Å²) in [5, 5.41) is 17.4. The highest BCUT2D eigenvalue weighted by Crippen LogP contribution is 2.44. The predicted molar refractivity (Wildman–Crippen MR) is 119 cm³/mol. The van der Waals surface area contributed by atoms with Crippen LogP contribution in [0.3, 0.4) is 0 Å². The summed E-state index contributed by atoms with van der Waals surface area (Å²) >= 11 is 6.30. The largest absolute Gasteiger partial charge is 0.385 e. The second-order valence-corrected chi connectivity index (χ2v) is 8.84. The number of H-pyrrole nitrogens is 1. The molecule has 4 rings (SSSR count). The topological polar surface area (TPSA) is 60.9 Å². The Bertz CT molecular complexity index is 967. The van der Waals surface area contributed by atoms with Gasteiger partial charge in [0, 0.05) is 52.4 Å². The van der Waals surface area contributed by atoms with Crippen molar-refractivity contribution in [3.05, 3.63) is 64.6 Å². The summed E-state index contributed by atoms with van der Waals surface area (Å²) in [6.07, 6.45) is 7.66. The normalized spacial score (nSPS) is 20.1. The van der Waals surface area contributed by atoms with Crippen LogP contribution in [0.15, 0.2) is 42.7 Å². The lowest BCUT2D eigenvalue weighted by Crippen LogP contribution is -2.39. The van der Waals surface area contributed by atoms with Gasteiger partial charge < -0.3 is 15.4 Å². The Morgan fingerprint density at radius 1 is 1.28 bits per heavy atom. The van der Waals surface area contributed by atoms with Gasteiger partial charge in [-0.15, -0.1) is 0 Å². The number of aliphatic hydroxyl groups is 1. The number of hydrogen-bond acceptors (Lipinski definition) is 3. The van der Waals surface area contributed by atoms with E-state index in [0.717, 1.165) is 54.9 Å². The molecule has 3 unspecified atom stereocenters. The van der Waals surface area contributed by atoms with Gasteiger partial charge in [0.2, 0.25) is 0 Å². The number of halogens is 1. The molecule has 0 spiro atoms. The molecule has 3 aromatic rings. The molecule has 0 saturated heterocycles. The minimum atomic E-state index is -0.943. The fraction of sp³-hybridized carbons (Fsp3) is 0.458. The quantitative estimate of drug-likeness (QED) is 0.525. The maximum absolute atomic E-state index is 11.8. The summed E-state index contributed by atoms with van der Waals surface area (Å²) in [5.74, 6) is 0.270. The van der Waals surface area contributed by atoms with E-state index in [4.69, 9.17) is 11.6 Å². The van der Waals surface area contributed by atoms with Crippen LogP contribution in [-0.2, 0) is 12.0 Å². The zero-order valence-electron chi connectivity index (χ0n) is 17.2. The summed E-state index contributed by atoms with van der Waals surface area (Å²) in [6, 6.07) is 9.95. The first kappa shape index (κ1) is 20.4. The SMILES string of the molecule is CCCCC(C1CNCCc2c1[nH]c1ccc(Cl)cc21)C(C)(O)c1ccncc1. The minimum absolute atomic E-state index is 0.0812. The van der Waals surface area contributed by atoms with Crippen LogP contribution in [0.5, 0.6) is 0 Å². The van der Waals surface area contributed by atoms with E-state index >= 15 is 0 Å². The maximum Gasteiger partial charge on any atom is 0.0904 e. The fourth-order valence-corrected chi connectivity index (χ4v) is 5.12. The molecule has 2 aromatic heterocycles. The van der Waals surface area contributed by atoms with Crippen LogP contribution in [0.25, 0.3) is 10.9 Å². The molecular formula is C24H30ClN3O. The van der Waals surface area contributed by atoms with E-state index in [9.17, 15) is 5.11 Å². The summed E-state index contributed by atoms with van der Waals surface area (Å²) in [6.45, 7) is 5.96. The summed E-state index contributed by atoms with van der Waals surface area (Å²) in [7, 11) is 0. The number of fused-ring (bicyclic) bond motifs is 3. The van der Waals surface area contributed by atoms with Crippen molar-refractivity contribution in [3.8, 4) is 0 Å². The summed E-state index contributed by atoms with van der Waals surface area (Å²) in [4.78, 5) is 7.83. The van der Waals surface area contributed by atoms with Gasteiger partial charge in [-0.05, 0) is 67.8 Å². The third-order valence-electron chi connectivity index (χ3n) is 6.53. The molecule has 0 radical (unpaired) electrons. The highest BCUT2D eigenvalue weighted by Gasteiger charge is 2.41. The van der Waals surface area contributed by atoms with E-state index in [-0.39, 0.29) is 11.8 Å². The Hall–Kier alpha value is -1.88. The fourth-order valence-electron chi connectivity index (χ4n) is 4.94. The van der Waals surface area contributed by atoms with Gasteiger partial charge in [0.25, 0.3) is 0 Å². The van der Waals surface area contributed by atoms with Gasteiger partial charge in [0.1, 0.15) is 0 Å². The van der Waals surface area contributed by atoms with E-state index < -0.39 is 5.60 Å². The molecule has 1 aliphatic heterocycles. The van der Waals surface area contributed by atoms with Crippen LogP contribution in [0, 0.1) is 5.92 Å². The van der Waals surface area contributed by atoms with Gasteiger partial charge in [0.15, 0.2) is 0 Å². The first-order valence-electron chi connectivity index (χ1n) is 10.7. The maximum atomic E-state index is 11.8. The smallest absolute Gasteiger partial charge is 0.0904 e. The molecular weight excluding hydrogens is 382 g/mol. The number of nitrogens with zero attached hydrogens (tertiary/aromatic N) is 1. The van der Waals surface area contributed by atoms with Crippen LogP contribution in [0.4, 0.5) is 0 Å². The van der Waals surface area contributed by atoms with Gasteiger partial charge in [-0.3, -0.25) is 4.98 Å². The zero-order valence-corrected chi connectivity index (χ0v) is 18.0. The van der Waals surface area contributed by atoms with Crippen molar-refractivity contribution in [2.75, 3.05) is 13.1 Å². The van der Waals surface area contributed by atoms with Crippen molar-refractivity contribution < 1.29 is 5.11 Å². The Balaban J connectivity index is 1.82. The lowest BCUT2D eigenvalue weighted by molar-refractivity contribution is -0.0232. The van der Waals surface area contributed by atoms with Gasteiger partial charge in [-0.25, -0.2) is 0 Å². The van der Waals surface area contributed by atoms with E-state index in [2.05, 4.69) is 34.3 Å². The van der Waals surface area contributed by atoms with Crippen molar-refractivity contribution in [2.24, 2.45) is 5.92 Å². The summed E-state index contributed by atoms with van der Waals surface area (Å²) in [5.41, 5.74) is 3.70. The highest BCUT2D eigenvalue weighted by molar-refractivity contribution is 6.31. The van der Waals surface area contributed by atoms with Crippen molar-refractivity contribution >= 4 is 22.5 Å². The lowest BCUT2D eigenvalue weighted by atomic mass is 9.71. The number of rotatable bonds is 6. The Labute approximate surface area is 177 Å². The van der Waals surface area contributed by atoms with Crippen LogP contribution in [0.1, 0.15) is 55.8 Å². The molecule has 3 heterocycles. The van der Waals surface area contributed by atoms with Gasteiger partial charge >= 0.3 is 0 Å². The van der Waals surface area contributed by atoms with Crippen molar-refractivity contribution in [1.82, 2.24) is 15.3 Å². The lowest BCUT2D eigenvalue weighted by Gasteiger charge is -2.39. The van der Waals surface area contributed by atoms with Crippen LogP contribution in [0.2, 0.25) is 5.02 Å². The third-order valence-corrected chi connectivity index (χ3v) is 6.76. The molecule has 0 bridgehead atoms. The number of aromatic nitrogens is 2. The molecule has 5 heteroatoms. The Morgan fingerprint density at radius 2 is 2.07 bits per heavy atom. The second-order valence-electron chi connectivity index (χ2n) is 8.40. The van der Waals surface area contributed by atoms with Crippen LogP contribution in [-0.4, -0.2) is 28.2 Å². The number of hydrogen-bond donors (Lipinski definition) is 3. The van der Waals surface area contributed by atoms with Crippen molar-refractivity contribution in [3.63, 3.8) is 0 Å². The zero-order chi connectivity index (χ0) is 20.4. The molecule has 154 valence electrons. The van der Waals surface area contributed by atoms with Crippen LogP contribution >= 0.6 is 11.6 Å². The molecule has 4 nitrogen and oxygen atoms in total. The molecule has 0 fully saturated rings. The molecule has 1 aromatic carbocycles. The van der Waals surface area contributed by atoms with Gasteiger partial charge in [0.05, 0.1) is 5.60 Å². The van der Waals surface area contributed by atoms with E-state index in [1.54, 1.807) is 12.4 Å². The van der Waals surface area contributed by atoms with E-state index in [1.165, 1.54) is 16.6 Å². The number of nitrogens with one attached hydrogen (secondary N) is 2. The van der Waals surface area contributed by atoms with Crippen molar-refractivity contribution in [2.45, 2.75) is 51.0 Å². The molecule has 3 N–H and O–H groups in total. The standard InChI is InChI=1S/C24H30ClN3O/c1-3-4-5-21(24(2,29)16-8-11-26-12-9-16)20-15-27-13-10-18-19-14-17(25)6-7-22(19)28-23(18)20/h6-9,11-12,14,20-21,27-29H,3-5,10,13,15H2,1-2H3. The van der Waals surface area contributed by atoms with E-state index in [0.29, 0.717) is 0 Å². The van der Waals surface area contributed by atoms with E-state index in [1.807, 2.05) is 25.1 Å². The molecule has 3 atom stereocenters. The molecule has 1 aliphatic rings. The molecule has 0 saturated carbocycles. The first-order chi connectivity index (χ1) is 14.0. The van der Waals surface area contributed by atoms with Crippen molar-refractivity contribution in [1.29, 1.82) is 0 Å². The average Bonchev–Trinajstić information content (AvgIpc) is 2.94. The summed E-state index contributed by atoms with van der Waals surface area (Å²) < 4.78 is 0. The molecule has 0 amide bonds. The van der Waals surface area contributed by atoms with Crippen LogP contribution < -0.4 is 5.32 Å². The minimum Gasteiger partial charge on any atom is -0.385 e. The van der Waals surface area contributed by atoms with Gasteiger partial charge in [-0.1, -0.05) is 31.4 Å². The number of unbranched alkanes of at least 4 members (excludes halogenated alkanes) is 1.